The van der Waals surface area contributed by atoms with Crippen molar-refractivity contribution in [1.82, 2.24) is 0 Å². The molecule has 5 heavy (non-hydrogen) atoms. The van der Waals surface area contributed by atoms with Gasteiger partial charge in [0, 0.05) is 0 Å². The molecule has 0 saturated carbocycles. The zero-order valence-electron chi connectivity index (χ0n) is 4.05. The molecule has 0 aromatic rings. The number of rotatable bonds is 1. The normalized spacial score (nSPS) is 4.40. The Morgan fingerprint density at radius 1 is 1.20 bits per heavy atom. The summed E-state index contributed by atoms with van der Waals surface area (Å²) < 4.78 is 0. The topological polar surface area (TPSA) is 40.5 Å². The van der Waals surface area contributed by atoms with Gasteiger partial charge in [0.15, 0.2) is 0 Å². The van der Waals surface area contributed by atoms with Crippen molar-refractivity contribution in [3.05, 3.63) is 0 Å². The first kappa shape index (κ1) is 9.41. The molecule has 0 aliphatic rings. The van der Waals surface area contributed by atoms with E-state index in [2.05, 4.69) is 0 Å². The monoisotopic (exact) mass is 80.0 g/mol. The smallest absolute Gasteiger partial charge is 1.00 e. The Bertz CT molecular complexity index is 13.5. The van der Waals surface area contributed by atoms with E-state index >= 15 is 0 Å². The maximum Gasteiger partial charge on any atom is 1.00 e. The second-order valence-corrected chi connectivity index (χ2v) is 0.298. The van der Waals surface area contributed by atoms with E-state index in [9.17, 15) is 0 Å². The van der Waals surface area contributed by atoms with E-state index in [4.69, 9.17) is 10.0 Å². The van der Waals surface area contributed by atoms with Crippen LogP contribution in [0.3, 0.4) is 0 Å². The molecule has 0 fully saturated rings. The average Bonchev–Trinajstić information content (AvgIpc) is 1.37. The van der Waals surface area contributed by atoms with Crippen molar-refractivity contribution in [2.75, 3.05) is 0 Å². The van der Waals surface area contributed by atoms with Gasteiger partial charge in [0.1, 0.15) is 0 Å². The molecular formula is H3B2NaO2. The van der Waals surface area contributed by atoms with E-state index in [1.165, 1.54) is 0 Å². The minimum atomic E-state index is 0. The van der Waals surface area contributed by atoms with Crippen LogP contribution in [0.15, 0.2) is 0 Å². The molecule has 0 aromatic carbocycles. The SMILES string of the molecule is O[B][B]O.[H-].[Na+]. The summed E-state index contributed by atoms with van der Waals surface area (Å²) in [6.45, 7) is 0. The first-order chi connectivity index (χ1) is 1.91. The molecule has 0 aromatic heterocycles. The average molecular weight is 79.6 g/mol. The van der Waals surface area contributed by atoms with E-state index in [0.29, 0.717) is 14.7 Å². The van der Waals surface area contributed by atoms with Gasteiger partial charge >= 0.3 is 29.6 Å². The van der Waals surface area contributed by atoms with Crippen molar-refractivity contribution in [2.24, 2.45) is 0 Å². The van der Waals surface area contributed by atoms with Gasteiger partial charge in [-0.15, -0.1) is 0 Å². The van der Waals surface area contributed by atoms with Crippen LogP contribution < -0.4 is 29.6 Å². The Morgan fingerprint density at radius 3 is 1.40 bits per heavy atom. The summed E-state index contributed by atoms with van der Waals surface area (Å²) in [7, 11) is 1.11. The predicted octanol–water partition coefficient (Wildman–Crippen LogP) is -4.76. The van der Waals surface area contributed by atoms with Gasteiger partial charge in [0.25, 0.3) is 14.7 Å². The number of hydrogen-bond donors (Lipinski definition) is 2. The maximum absolute atomic E-state index is 7.44. The molecule has 2 N–H and O–H groups in total. The first-order valence-electron chi connectivity index (χ1n) is 0.850. The minimum absolute atomic E-state index is 0. The summed E-state index contributed by atoms with van der Waals surface area (Å²) in [4.78, 5) is 0. The van der Waals surface area contributed by atoms with E-state index in [-0.39, 0.29) is 31.0 Å². The largest absolute Gasteiger partial charge is 1.00 e. The van der Waals surface area contributed by atoms with Crippen molar-refractivity contribution in [2.45, 2.75) is 0 Å². The molecule has 0 aliphatic carbocycles. The van der Waals surface area contributed by atoms with Crippen LogP contribution in [0, 0.1) is 0 Å². The van der Waals surface area contributed by atoms with Gasteiger partial charge in [-0.3, -0.25) is 0 Å². The summed E-state index contributed by atoms with van der Waals surface area (Å²) in [5.74, 6) is 0. The molecule has 0 bridgehead atoms. The van der Waals surface area contributed by atoms with Crippen molar-refractivity contribution in [3.63, 3.8) is 0 Å². The molecule has 0 spiro atoms. The fourth-order valence-electron chi connectivity index (χ4n) is 0. The quantitative estimate of drug-likeness (QED) is 0.310. The second kappa shape index (κ2) is 8.90. The zero-order chi connectivity index (χ0) is 3.41. The molecule has 22 valence electrons. The third kappa shape index (κ3) is 11.2. The molecule has 2 radical (unpaired) electrons. The van der Waals surface area contributed by atoms with Crippen LogP contribution in [0.4, 0.5) is 0 Å². The fourth-order valence-corrected chi connectivity index (χ4v) is 0. The molecule has 0 amide bonds. The molecule has 0 rings (SSSR count). The number of hydrogen-bond acceptors (Lipinski definition) is 2. The van der Waals surface area contributed by atoms with Crippen LogP contribution in [-0.2, 0) is 0 Å². The Morgan fingerprint density at radius 2 is 1.40 bits per heavy atom. The third-order valence-electron chi connectivity index (χ3n) is 0.0667. The predicted molar refractivity (Wildman–Crippen MR) is 17.1 cm³/mol. The van der Waals surface area contributed by atoms with Gasteiger partial charge in [-0.1, -0.05) is 0 Å². The van der Waals surface area contributed by atoms with Gasteiger partial charge in [0.05, 0.1) is 0 Å². The molecule has 0 atom stereocenters. The van der Waals surface area contributed by atoms with Crippen LogP contribution in [-0.4, -0.2) is 24.8 Å². The van der Waals surface area contributed by atoms with Crippen molar-refractivity contribution in [3.8, 4) is 0 Å². The summed E-state index contributed by atoms with van der Waals surface area (Å²) in [5, 5.41) is 14.9. The maximum atomic E-state index is 7.44. The van der Waals surface area contributed by atoms with Crippen molar-refractivity contribution >= 4 is 14.7 Å². The summed E-state index contributed by atoms with van der Waals surface area (Å²) in [6.07, 6.45) is 0. The molecule has 0 heterocycles. The molecule has 0 saturated heterocycles. The van der Waals surface area contributed by atoms with Gasteiger partial charge in [-0.05, 0) is 0 Å². The van der Waals surface area contributed by atoms with E-state index in [1.807, 2.05) is 0 Å². The Balaban J connectivity index is -0.0000000450. The summed E-state index contributed by atoms with van der Waals surface area (Å²) >= 11 is 0. The first-order valence-corrected chi connectivity index (χ1v) is 0.850. The van der Waals surface area contributed by atoms with E-state index < -0.39 is 0 Å². The zero-order valence-corrected chi connectivity index (χ0v) is 5.05. The standard InChI is InChI=1S/B2H2O2.Na.H/c3-1-2-4;;/h3-4H;;/q;+1;-1. The Labute approximate surface area is 55.9 Å². The van der Waals surface area contributed by atoms with Crippen LogP contribution in [0.5, 0.6) is 0 Å². The molecule has 2 nitrogen and oxygen atoms in total. The Hall–Kier alpha value is 1.05. The summed E-state index contributed by atoms with van der Waals surface area (Å²) in [5.41, 5.74) is 0. The van der Waals surface area contributed by atoms with Crippen LogP contribution in [0.2, 0.25) is 0 Å². The molecule has 0 unspecified atom stereocenters. The van der Waals surface area contributed by atoms with Gasteiger partial charge < -0.3 is 11.5 Å². The third-order valence-corrected chi connectivity index (χ3v) is 0.0667. The van der Waals surface area contributed by atoms with Gasteiger partial charge in [0.2, 0.25) is 0 Å². The summed E-state index contributed by atoms with van der Waals surface area (Å²) in [6, 6.07) is 0. The van der Waals surface area contributed by atoms with E-state index in [1.54, 1.807) is 0 Å². The van der Waals surface area contributed by atoms with Gasteiger partial charge in [-0.2, -0.15) is 0 Å². The van der Waals surface area contributed by atoms with E-state index in [0.717, 1.165) is 0 Å². The fraction of sp³-hybridized carbons (Fsp3) is 0. The Kier molecular flexibility index (Phi) is 16.8. The second-order valence-electron chi connectivity index (χ2n) is 0.298. The minimum Gasteiger partial charge on any atom is -1.00 e. The van der Waals surface area contributed by atoms with Crippen LogP contribution in [0.1, 0.15) is 1.43 Å². The van der Waals surface area contributed by atoms with Gasteiger partial charge in [-0.25, -0.2) is 0 Å². The molecule has 0 aliphatic heterocycles. The molecule has 5 heteroatoms. The van der Waals surface area contributed by atoms with Crippen molar-refractivity contribution in [1.29, 1.82) is 0 Å². The molecular weight excluding hydrogens is 76.6 g/mol. The van der Waals surface area contributed by atoms with Crippen molar-refractivity contribution < 1.29 is 41.0 Å². The van der Waals surface area contributed by atoms with Crippen LogP contribution in [0.25, 0.3) is 0 Å². The van der Waals surface area contributed by atoms with Crippen LogP contribution >= 0.6 is 0 Å².